The Balaban J connectivity index is 1.57. The van der Waals surface area contributed by atoms with E-state index in [9.17, 15) is 8.42 Å². The minimum Gasteiger partial charge on any atom is -0.494 e. The minimum atomic E-state index is -3.95. The standard InChI is InChI=1S/C26H36N8O4S/c1-15-13-27-24(28-14-15)16(2)17(3)39(35,36)33-26-32-31-25(22-18-9-6-7-10-19(18)29-30-22)34(26)23-20(37-4)11-8-12-21(23)38-5/h8,11-14,16-19,22,29-30H,6-7,9-10H2,1-5H3,(H,32,33)/t16-,17-,18?,19?,22?/m1/s1. The van der Waals surface area contributed by atoms with Crippen LogP contribution >= 0.6 is 0 Å². The maximum absolute atomic E-state index is 13.7. The van der Waals surface area contributed by atoms with Crippen LogP contribution in [0.25, 0.3) is 5.69 Å². The number of fused-ring (bicyclic) bond motifs is 1. The molecule has 3 aromatic rings. The highest BCUT2D eigenvalue weighted by atomic mass is 32.2. The molecule has 0 radical (unpaired) electrons. The third kappa shape index (κ3) is 5.18. The molecule has 0 amide bonds. The van der Waals surface area contributed by atoms with Crippen LogP contribution in [-0.2, 0) is 10.0 Å². The molecule has 1 saturated carbocycles. The fourth-order valence-electron chi connectivity index (χ4n) is 5.47. The molecule has 1 aliphatic carbocycles. The van der Waals surface area contributed by atoms with Gasteiger partial charge >= 0.3 is 0 Å². The summed E-state index contributed by atoms with van der Waals surface area (Å²) in [6.07, 6.45) is 7.76. The summed E-state index contributed by atoms with van der Waals surface area (Å²) in [5.41, 5.74) is 8.23. The van der Waals surface area contributed by atoms with Gasteiger partial charge in [0, 0.05) is 24.4 Å². The smallest absolute Gasteiger partial charge is 0.243 e. The summed E-state index contributed by atoms with van der Waals surface area (Å²) in [5, 5.41) is 8.01. The van der Waals surface area contributed by atoms with Gasteiger partial charge in [0.25, 0.3) is 0 Å². The second-order valence-corrected chi connectivity index (χ2v) is 12.3. The molecular formula is C26H36N8O4S. The number of anilines is 1. The van der Waals surface area contributed by atoms with E-state index in [0.29, 0.717) is 34.9 Å². The molecule has 2 aliphatic rings. The summed E-state index contributed by atoms with van der Waals surface area (Å²) in [4.78, 5) is 8.68. The lowest BCUT2D eigenvalue weighted by Gasteiger charge is -2.27. The van der Waals surface area contributed by atoms with Crippen molar-refractivity contribution < 1.29 is 17.9 Å². The summed E-state index contributed by atoms with van der Waals surface area (Å²) in [6.45, 7) is 5.32. The zero-order valence-corrected chi connectivity index (χ0v) is 23.7. The number of hydrazine groups is 1. The molecule has 1 saturated heterocycles. The third-order valence-corrected chi connectivity index (χ3v) is 9.75. The van der Waals surface area contributed by atoms with Crippen molar-refractivity contribution in [2.45, 2.75) is 69.7 Å². The van der Waals surface area contributed by atoms with Crippen molar-refractivity contribution in [3.63, 3.8) is 0 Å². The van der Waals surface area contributed by atoms with E-state index in [1.807, 2.05) is 13.0 Å². The fraction of sp³-hybridized carbons (Fsp3) is 0.538. The van der Waals surface area contributed by atoms with E-state index in [1.54, 1.807) is 57.2 Å². The summed E-state index contributed by atoms with van der Waals surface area (Å²) in [7, 11) is -0.826. The van der Waals surface area contributed by atoms with Crippen LogP contribution in [0.1, 0.15) is 68.7 Å². The van der Waals surface area contributed by atoms with Crippen LogP contribution in [0.4, 0.5) is 5.95 Å². The predicted molar refractivity (Wildman–Crippen MR) is 146 cm³/mol. The number of hydrogen-bond donors (Lipinski definition) is 3. The van der Waals surface area contributed by atoms with Crippen LogP contribution in [0.2, 0.25) is 0 Å². The van der Waals surface area contributed by atoms with Crippen molar-refractivity contribution in [1.82, 2.24) is 35.6 Å². The summed E-state index contributed by atoms with van der Waals surface area (Å²) < 4.78 is 43.2. The highest BCUT2D eigenvalue weighted by Crippen LogP contribution is 2.42. The summed E-state index contributed by atoms with van der Waals surface area (Å²) >= 11 is 0. The van der Waals surface area contributed by atoms with Crippen molar-refractivity contribution in [3.05, 3.63) is 47.8 Å². The molecule has 5 rings (SSSR count). The summed E-state index contributed by atoms with van der Waals surface area (Å²) in [6, 6.07) is 5.52. The molecule has 2 aromatic heterocycles. The molecule has 0 spiro atoms. The van der Waals surface area contributed by atoms with Crippen LogP contribution < -0.4 is 25.0 Å². The lowest BCUT2D eigenvalue weighted by molar-refractivity contribution is 0.301. The number of aryl methyl sites for hydroxylation is 1. The Labute approximate surface area is 229 Å². The maximum Gasteiger partial charge on any atom is 0.243 e. The maximum atomic E-state index is 13.7. The Morgan fingerprint density at radius 3 is 2.36 bits per heavy atom. The first-order valence-electron chi connectivity index (χ1n) is 13.2. The number of rotatable bonds is 9. The van der Waals surface area contributed by atoms with Gasteiger partial charge in [-0.05, 0) is 50.3 Å². The number of hydrogen-bond acceptors (Lipinski definition) is 10. The first kappa shape index (κ1) is 27.3. The zero-order valence-electron chi connectivity index (χ0n) is 22.9. The van der Waals surface area contributed by atoms with Gasteiger partial charge in [-0.3, -0.25) is 14.7 Å². The number of nitrogens with one attached hydrogen (secondary N) is 3. The molecule has 3 unspecified atom stereocenters. The highest BCUT2D eigenvalue weighted by molar-refractivity contribution is 7.93. The fourth-order valence-corrected chi connectivity index (χ4v) is 6.70. The Kier molecular flexibility index (Phi) is 7.74. The van der Waals surface area contributed by atoms with Gasteiger partial charge in [0.15, 0.2) is 5.82 Å². The minimum absolute atomic E-state index is 0.0535. The Bertz CT molecular complexity index is 1390. The average Bonchev–Trinajstić information content (AvgIpc) is 3.55. The van der Waals surface area contributed by atoms with Crippen LogP contribution in [0, 0.1) is 12.8 Å². The average molecular weight is 557 g/mol. The van der Waals surface area contributed by atoms with Gasteiger partial charge in [0.2, 0.25) is 16.0 Å². The van der Waals surface area contributed by atoms with Gasteiger partial charge in [-0.15, -0.1) is 10.2 Å². The second kappa shape index (κ2) is 11.1. The van der Waals surface area contributed by atoms with Gasteiger partial charge in [-0.25, -0.2) is 23.8 Å². The number of nitrogens with zero attached hydrogens (tertiary/aromatic N) is 5. The molecule has 1 aromatic carbocycles. The van der Waals surface area contributed by atoms with Crippen LogP contribution in [0.3, 0.4) is 0 Å². The highest BCUT2D eigenvalue weighted by Gasteiger charge is 2.42. The van der Waals surface area contributed by atoms with Crippen LogP contribution in [-0.4, -0.2) is 58.7 Å². The van der Waals surface area contributed by atoms with Crippen molar-refractivity contribution in [1.29, 1.82) is 0 Å². The van der Waals surface area contributed by atoms with E-state index in [-0.39, 0.29) is 17.9 Å². The van der Waals surface area contributed by atoms with Gasteiger partial charge < -0.3 is 9.47 Å². The number of aromatic nitrogens is 5. The van der Waals surface area contributed by atoms with E-state index in [1.165, 1.54) is 6.42 Å². The SMILES string of the molecule is COc1cccc(OC)c1-n1c(NS(=O)(=O)[C@H](C)[C@@H](C)c2ncc(C)cn2)nnc1C1NNC2CCCCC21. The Morgan fingerprint density at radius 1 is 1.03 bits per heavy atom. The van der Waals surface area contributed by atoms with Crippen molar-refractivity contribution >= 4 is 16.0 Å². The molecule has 3 N–H and O–H groups in total. The van der Waals surface area contributed by atoms with Crippen molar-refractivity contribution in [2.24, 2.45) is 5.92 Å². The number of benzene rings is 1. The lowest BCUT2D eigenvalue weighted by atomic mass is 9.81. The molecule has 5 atom stereocenters. The molecule has 39 heavy (non-hydrogen) atoms. The van der Waals surface area contributed by atoms with Gasteiger partial charge in [0.05, 0.1) is 25.5 Å². The molecule has 0 bridgehead atoms. The Morgan fingerprint density at radius 2 is 1.69 bits per heavy atom. The molecule has 1 aliphatic heterocycles. The normalized spacial score (nSPS) is 22.6. The van der Waals surface area contributed by atoms with Crippen molar-refractivity contribution in [3.8, 4) is 17.2 Å². The van der Waals surface area contributed by atoms with Crippen LogP contribution in [0.5, 0.6) is 11.5 Å². The topological polar surface area (TPSA) is 145 Å². The molecule has 13 heteroatoms. The monoisotopic (exact) mass is 556 g/mol. The summed E-state index contributed by atoms with van der Waals surface area (Å²) in [5.74, 6) is 1.88. The van der Waals surface area contributed by atoms with Crippen LogP contribution in [0.15, 0.2) is 30.6 Å². The second-order valence-electron chi connectivity index (χ2n) is 10.3. The molecule has 12 nitrogen and oxygen atoms in total. The van der Waals surface area contributed by atoms with Gasteiger partial charge in [0.1, 0.15) is 23.0 Å². The van der Waals surface area contributed by atoms with E-state index >= 15 is 0 Å². The van der Waals surface area contributed by atoms with Gasteiger partial charge in [-0.2, -0.15) is 0 Å². The quantitative estimate of drug-likeness (QED) is 0.360. The molecule has 3 heterocycles. The van der Waals surface area contributed by atoms with E-state index < -0.39 is 21.2 Å². The van der Waals surface area contributed by atoms with E-state index in [4.69, 9.17) is 9.47 Å². The largest absolute Gasteiger partial charge is 0.494 e. The molecule has 210 valence electrons. The number of methoxy groups -OCH3 is 2. The molecular weight excluding hydrogens is 520 g/mol. The number of para-hydroxylation sites is 1. The zero-order chi connectivity index (χ0) is 27.7. The lowest BCUT2D eigenvalue weighted by Crippen LogP contribution is -2.33. The predicted octanol–water partition coefficient (Wildman–Crippen LogP) is 3.02. The first-order chi connectivity index (χ1) is 18.7. The van der Waals surface area contributed by atoms with Gasteiger partial charge in [-0.1, -0.05) is 25.8 Å². The third-order valence-electron chi connectivity index (χ3n) is 7.90. The van der Waals surface area contributed by atoms with E-state index in [2.05, 4.69) is 35.7 Å². The Hall–Kier alpha value is -3.29. The number of ether oxygens (including phenoxy) is 2. The molecule has 2 fully saturated rings. The van der Waals surface area contributed by atoms with E-state index in [0.717, 1.165) is 24.8 Å². The van der Waals surface area contributed by atoms with Crippen molar-refractivity contribution in [2.75, 3.05) is 18.9 Å². The number of sulfonamides is 1. The first-order valence-corrected chi connectivity index (χ1v) is 14.8.